The molecule has 1 amide bonds. The van der Waals surface area contributed by atoms with Gasteiger partial charge in [-0.1, -0.05) is 23.2 Å². The van der Waals surface area contributed by atoms with Crippen LogP contribution in [0.5, 0.6) is 0 Å². The van der Waals surface area contributed by atoms with E-state index in [1.54, 1.807) is 18.2 Å². The number of benzene rings is 1. The standard InChI is InChI=1S/C12H13Cl2NOS/c1-7(12(16)15-9-3-4-9)17-11-6-8(13)2-5-10(11)14/h2,5-7,9H,3-4H2,1H3,(H,15,16)/t7-/m1/s1. The predicted molar refractivity (Wildman–Crippen MR) is 72.9 cm³/mol. The van der Waals surface area contributed by atoms with E-state index in [9.17, 15) is 4.79 Å². The molecule has 0 aliphatic heterocycles. The van der Waals surface area contributed by atoms with Crippen LogP contribution in [0.2, 0.25) is 10.0 Å². The van der Waals surface area contributed by atoms with Gasteiger partial charge >= 0.3 is 0 Å². The maximum absolute atomic E-state index is 11.8. The Kier molecular flexibility index (Phi) is 4.23. The van der Waals surface area contributed by atoms with Crippen molar-refractivity contribution < 1.29 is 4.79 Å². The summed E-state index contributed by atoms with van der Waals surface area (Å²) in [4.78, 5) is 12.6. The van der Waals surface area contributed by atoms with Crippen molar-refractivity contribution in [2.24, 2.45) is 0 Å². The van der Waals surface area contributed by atoms with E-state index in [1.807, 2.05) is 6.92 Å². The lowest BCUT2D eigenvalue weighted by molar-refractivity contribution is -0.120. The van der Waals surface area contributed by atoms with Crippen molar-refractivity contribution >= 4 is 40.9 Å². The molecule has 1 aromatic carbocycles. The quantitative estimate of drug-likeness (QED) is 0.856. The molecule has 92 valence electrons. The molecule has 0 radical (unpaired) electrons. The first-order valence-corrected chi connectivity index (χ1v) is 7.12. The average Bonchev–Trinajstić information content (AvgIpc) is 3.07. The Labute approximate surface area is 115 Å². The minimum atomic E-state index is -0.161. The third-order valence-corrected chi connectivity index (χ3v) is 4.33. The second-order valence-corrected chi connectivity index (χ2v) is 6.34. The van der Waals surface area contributed by atoms with E-state index < -0.39 is 0 Å². The molecule has 2 nitrogen and oxygen atoms in total. The third kappa shape index (κ3) is 3.80. The Morgan fingerprint density at radius 1 is 1.47 bits per heavy atom. The third-order valence-electron chi connectivity index (χ3n) is 2.49. The molecule has 1 aliphatic rings. The van der Waals surface area contributed by atoms with Crippen LogP contribution >= 0.6 is 35.0 Å². The largest absolute Gasteiger partial charge is 0.352 e. The Morgan fingerprint density at radius 3 is 2.82 bits per heavy atom. The molecule has 0 spiro atoms. The normalized spacial score (nSPS) is 16.6. The Balaban J connectivity index is 1.98. The van der Waals surface area contributed by atoms with Gasteiger partial charge in [-0.15, -0.1) is 11.8 Å². The maximum Gasteiger partial charge on any atom is 0.233 e. The molecule has 1 saturated carbocycles. The van der Waals surface area contributed by atoms with Crippen molar-refractivity contribution in [2.75, 3.05) is 0 Å². The fourth-order valence-electron chi connectivity index (χ4n) is 1.36. The van der Waals surface area contributed by atoms with Crippen LogP contribution in [-0.2, 0) is 4.79 Å². The van der Waals surface area contributed by atoms with E-state index >= 15 is 0 Å². The molecule has 1 aromatic rings. The first-order chi connectivity index (χ1) is 8.06. The summed E-state index contributed by atoms with van der Waals surface area (Å²) >= 11 is 13.4. The number of hydrogen-bond donors (Lipinski definition) is 1. The molecule has 17 heavy (non-hydrogen) atoms. The summed E-state index contributed by atoms with van der Waals surface area (Å²) in [6.07, 6.45) is 2.20. The molecule has 1 aliphatic carbocycles. The molecule has 0 bridgehead atoms. The Hall–Kier alpha value is -0.380. The van der Waals surface area contributed by atoms with Gasteiger partial charge in [0.05, 0.1) is 10.3 Å². The summed E-state index contributed by atoms with van der Waals surface area (Å²) < 4.78 is 0. The smallest absolute Gasteiger partial charge is 0.233 e. The van der Waals surface area contributed by atoms with Gasteiger partial charge in [0.15, 0.2) is 0 Å². The van der Waals surface area contributed by atoms with E-state index in [2.05, 4.69) is 5.32 Å². The fourth-order valence-corrected chi connectivity index (χ4v) is 2.78. The van der Waals surface area contributed by atoms with Gasteiger partial charge in [-0.3, -0.25) is 4.79 Å². The van der Waals surface area contributed by atoms with Crippen molar-refractivity contribution in [1.82, 2.24) is 5.32 Å². The van der Waals surface area contributed by atoms with Crippen LogP contribution in [-0.4, -0.2) is 17.2 Å². The fraction of sp³-hybridized carbons (Fsp3) is 0.417. The van der Waals surface area contributed by atoms with Crippen molar-refractivity contribution in [3.8, 4) is 0 Å². The number of thioether (sulfide) groups is 1. The van der Waals surface area contributed by atoms with E-state index in [0.29, 0.717) is 16.1 Å². The van der Waals surface area contributed by atoms with Crippen molar-refractivity contribution in [1.29, 1.82) is 0 Å². The van der Waals surface area contributed by atoms with Crippen molar-refractivity contribution in [2.45, 2.75) is 36.0 Å². The number of carbonyl (C=O) groups is 1. The number of rotatable bonds is 4. The molecule has 1 atom stereocenters. The molecule has 0 heterocycles. The van der Waals surface area contributed by atoms with Crippen molar-refractivity contribution in [3.63, 3.8) is 0 Å². The van der Waals surface area contributed by atoms with Gasteiger partial charge in [-0.25, -0.2) is 0 Å². The van der Waals surface area contributed by atoms with Crippen LogP contribution in [0.4, 0.5) is 0 Å². The summed E-state index contributed by atoms with van der Waals surface area (Å²) in [5.74, 6) is 0.0635. The number of nitrogens with one attached hydrogen (secondary N) is 1. The maximum atomic E-state index is 11.8. The van der Waals surface area contributed by atoms with Crippen LogP contribution in [0.15, 0.2) is 23.1 Å². The summed E-state index contributed by atoms with van der Waals surface area (Å²) in [7, 11) is 0. The molecule has 1 fully saturated rings. The van der Waals surface area contributed by atoms with Gasteiger partial charge in [0.2, 0.25) is 5.91 Å². The predicted octanol–water partition coefficient (Wildman–Crippen LogP) is 3.75. The van der Waals surface area contributed by atoms with E-state index in [1.165, 1.54) is 11.8 Å². The SMILES string of the molecule is C[C@@H](Sc1cc(Cl)ccc1Cl)C(=O)NC1CC1. The molecular weight excluding hydrogens is 277 g/mol. The summed E-state index contributed by atoms with van der Waals surface area (Å²) in [6.45, 7) is 1.87. The number of halogens is 2. The molecular formula is C12H13Cl2NOS. The monoisotopic (exact) mass is 289 g/mol. The zero-order valence-corrected chi connectivity index (χ0v) is 11.7. The highest BCUT2D eigenvalue weighted by molar-refractivity contribution is 8.00. The number of amides is 1. The molecule has 0 aromatic heterocycles. The first kappa shape index (κ1) is 13.1. The van der Waals surface area contributed by atoms with Crippen LogP contribution in [0, 0.1) is 0 Å². The zero-order chi connectivity index (χ0) is 12.4. The molecule has 5 heteroatoms. The summed E-state index contributed by atoms with van der Waals surface area (Å²) in [5.41, 5.74) is 0. The first-order valence-electron chi connectivity index (χ1n) is 5.48. The van der Waals surface area contributed by atoms with Crippen LogP contribution in [0.1, 0.15) is 19.8 Å². The van der Waals surface area contributed by atoms with Gasteiger partial charge in [0.25, 0.3) is 0 Å². The number of carbonyl (C=O) groups excluding carboxylic acids is 1. The lowest BCUT2D eigenvalue weighted by atomic mass is 10.4. The summed E-state index contributed by atoms with van der Waals surface area (Å²) in [6, 6.07) is 5.66. The minimum Gasteiger partial charge on any atom is -0.352 e. The van der Waals surface area contributed by atoms with E-state index in [4.69, 9.17) is 23.2 Å². The lowest BCUT2D eigenvalue weighted by Crippen LogP contribution is -2.32. The van der Waals surface area contributed by atoms with Gasteiger partial charge < -0.3 is 5.32 Å². The minimum absolute atomic E-state index is 0.0635. The molecule has 1 N–H and O–H groups in total. The van der Waals surface area contributed by atoms with Crippen LogP contribution in [0.3, 0.4) is 0 Å². The van der Waals surface area contributed by atoms with Crippen molar-refractivity contribution in [3.05, 3.63) is 28.2 Å². The Morgan fingerprint density at radius 2 is 2.18 bits per heavy atom. The molecule has 0 unspecified atom stereocenters. The highest BCUT2D eigenvalue weighted by atomic mass is 35.5. The van der Waals surface area contributed by atoms with Crippen LogP contribution < -0.4 is 5.32 Å². The molecule has 0 saturated heterocycles. The second-order valence-electron chi connectivity index (χ2n) is 4.12. The van der Waals surface area contributed by atoms with Gasteiger partial charge in [-0.2, -0.15) is 0 Å². The zero-order valence-electron chi connectivity index (χ0n) is 9.37. The second kappa shape index (κ2) is 5.51. The Bertz CT molecular complexity index is 435. The lowest BCUT2D eigenvalue weighted by Gasteiger charge is -2.12. The van der Waals surface area contributed by atoms with Gasteiger partial charge in [0.1, 0.15) is 0 Å². The van der Waals surface area contributed by atoms with E-state index in [0.717, 1.165) is 17.7 Å². The molecule has 2 rings (SSSR count). The topological polar surface area (TPSA) is 29.1 Å². The average molecular weight is 290 g/mol. The van der Waals surface area contributed by atoms with Gasteiger partial charge in [0, 0.05) is 16.0 Å². The highest BCUT2D eigenvalue weighted by Crippen LogP contribution is 2.33. The van der Waals surface area contributed by atoms with Crippen LogP contribution in [0.25, 0.3) is 0 Å². The highest BCUT2D eigenvalue weighted by Gasteiger charge is 2.26. The van der Waals surface area contributed by atoms with E-state index in [-0.39, 0.29) is 11.2 Å². The summed E-state index contributed by atoms with van der Waals surface area (Å²) in [5, 5.41) is 4.07. The van der Waals surface area contributed by atoms with Gasteiger partial charge in [-0.05, 0) is 38.0 Å². The number of hydrogen-bond acceptors (Lipinski definition) is 2.